The van der Waals surface area contributed by atoms with Crippen LogP contribution in [0, 0.1) is 0 Å². The lowest BCUT2D eigenvalue weighted by molar-refractivity contribution is -0.136. The molecule has 0 atom stereocenters. The number of halogens is 2. The highest BCUT2D eigenvalue weighted by Crippen LogP contribution is 2.28. The van der Waals surface area contributed by atoms with E-state index in [1.165, 1.54) is 11.3 Å². The summed E-state index contributed by atoms with van der Waals surface area (Å²) in [6.45, 7) is 0. The van der Waals surface area contributed by atoms with Crippen molar-refractivity contribution in [3.63, 3.8) is 0 Å². The van der Waals surface area contributed by atoms with E-state index in [9.17, 15) is 4.79 Å². The molecule has 2 aromatic rings. The first-order chi connectivity index (χ1) is 8.54. The number of carboxylic acids is 1. The highest BCUT2D eigenvalue weighted by molar-refractivity contribution is 7.13. The number of thiazole rings is 1. The fraction of sp³-hybridized carbons (Fsp3) is 0.0909. The summed E-state index contributed by atoms with van der Waals surface area (Å²) >= 11 is 13.0. The van der Waals surface area contributed by atoms with E-state index in [1.807, 2.05) is 0 Å². The van der Waals surface area contributed by atoms with Gasteiger partial charge in [-0.2, -0.15) is 0 Å². The van der Waals surface area contributed by atoms with Crippen LogP contribution in [0.5, 0.6) is 0 Å². The highest BCUT2D eigenvalue weighted by Gasteiger charge is 2.07. The van der Waals surface area contributed by atoms with Gasteiger partial charge in [-0.25, -0.2) is 4.98 Å². The van der Waals surface area contributed by atoms with Crippen LogP contribution in [0.2, 0.25) is 10.0 Å². The second-order valence-electron chi connectivity index (χ2n) is 3.47. The Bertz CT molecular complexity index is 586. The van der Waals surface area contributed by atoms with Crippen LogP contribution >= 0.6 is 34.5 Å². The molecule has 0 aliphatic heterocycles. The number of aliphatic carboxylic acids is 1. The zero-order valence-corrected chi connectivity index (χ0v) is 11.3. The van der Waals surface area contributed by atoms with E-state index in [1.54, 1.807) is 23.6 Å². The van der Waals surface area contributed by atoms with Crippen LogP contribution in [0.4, 0.5) is 10.8 Å². The van der Waals surface area contributed by atoms with Gasteiger partial charge in [0.25, 0.3) is 0 Å². The molecule has 0 bridgehead atoms. The van der Waals surface area contributed by atoms with E-state index in [2.05, 4.69) is 10.3 Å². The standard InChI is InChI=1S/C11H8Cl2N2O2S/c12-8-2-1-6(3-9(8)13)14-11-15-7(5-18-11)4-10(16)17/h1-3,5H,4H2,(H,14,15)(H,16,17). The smallest absolute Gasteiger partial charge is 0.309 e. The monoisotopic (exact) mass is 302 g/mol. The van der Waals surface area contributed by atoms with Gasteiger partial charge in [-0.3, -0.25) is 4.79 Å². The summed E-state index contributed by atoms with van der Waals surface area (Å²) in [4.78, 5) is 14.7. The molecule has 2 rings (SSSR count). The minimum Gasteiger partial charge on any atom is -0.481 e. The Hall–Kier alpha value is -1.30. The molecular formula is C11H8Cl2N2O2S. The minimum atomic E-state index is -0.901. The van der Waals surface area contributed by atoms with Gasteiger partial charge < -0.3 is 10.4 Å². The summed E-state index contributed by atoms with van der Waals surface area (Å²) in [5.74, 6) is -0.901. The number of hydrogen-bond donors (Lipinski definition) is 2. The number of rotatable bonds is 4. The SMILES string of the molecule is O=C(O)Cc1csc(Nc2ccc(Cl)c(Cl)c2)n1. The summed E-state index contributed by atoms with van der Waals surface area (Å²) in [6.07, 6.45) is -0.0838. The maximum absolute atomic E-state index is 10.5. The zero-order valence-electron chi connectivity index (χ0n) is 8.98. The Labute approximate surface area is 117 Å². The van der Waals surface area contributed by atoms with Crippen molar-refractivity contribution in [1.82, 2.24) is 4.98 Å². The van der Waals surface area contributed by atoms with Crippen LogP contribution in [0.15, 0.2) is 23.6 Å². The van der Waals surface area contributed by atoms with E-state index in [0.717, 1.165) is 5.69 Å². The fourth-order valence-electron chi connectivity index (χ4n) is 1.30. The van der Waals surface area contributed by atoms with Crippen molar-refractivity contribution in [1.29, 1.82) is 0 Å². The van der Waals surface area contributed by atoms with Gasteiger partial charge in [0.15, 0.2) is 5.13 Å². The molecular weight excluding hydrogens is 295 g/mol. The zero-order chi connectivity index (χ0) is 13.1. The number of benzene rings is 1. The summed E-state index contributed by atoms with van der Waals surface area (Å²) in [7, 11) is 0. The van der Waals surface area contributed by atoms with Gasteiger partial charge in [-0.05, 0) is 18.2 Å². The Kier molecular flexibility index (Phi) is 4.06. The lowest BCUT2D eigenvalue weighted by Gasteiger charge is -2.03. The third kappa shape index (κ3) is 3.35. The van der Waals surface area contributed by atoms with Gasteiger partial charge in [-0.1, -0.05) is 23.2 Å². The largest absolute Gasteiger partial charge is 0.481 e. The van der Waals surface area contributed by atoms with Crippen LogP contribution in [-0.2, 0) is 11.2 Å². The average molecular weight is 303 g/mol. The molecule has 0 aliphatic carbocycles. The quantitative estimate of drug-likeness (QED) is 0.901. The predicted molar refractivity (Wildman–Crippen MR) is 73.2 cm³/mol. The molecule has 2 N–H and O–H groups in total. The molecule has 0 saturated carbocycles. The second-order valence-corrected chi connectivity index (χ2v) is 5.14. The topological polar surface area (TPSA) is 62.2 Å². The molecule has 94 valence electrons. The normalized spacial score (nSPS) is 10.3. The maximum atomic E-state index is 10.5. The predicted octanol–water partition coefficient (Wildman–Crippen LogP) is 3.82. The first-order valence-electron chi connectivity index (χ1n) is 4.93. The summed E-state index contributed by atoms with van der Waals surface area (Å²) in [6, 6.07) is 5.13. The molecule has 0 fully saturated rings. The fourth-order valence-corrected chi connectivity index (χ4v) is 2.33. The molecule has 7 heteroatoms. The molecule has 0 unspecified atom stereocenters. The number of nitrogens with zero attached hydrogens (tertiary/aromatic N) is 1. The van der Waals surface area contributed by atoms with Crippen LogP contribution in [0.1, 0.15) is 5.69 Å². The van der Waals surface area contributed by atoms with Crippen LogP contribution in [0.3, 0.4) is 0 Å². The van der Waals surface area contributed by atoms with Crippen LogP contribution < -0.4 is 5.32 Å². The summed E-state index contributed by atoms with van der Waals surface area (Å²) in [5.41, 5.74) is 1.27. The highest BCUT2D eigenvalue weighted by atomic mass is 35.5. The molecule has 0 aliphatic rings. The van der Waals surface area contributed by atoms with Gasteiger partial charge in [0.05, 0.1) is 22.2 Å². The van der Waals surface area contributed by atoms with Gasteiger partial charge in [0, 0.05) is 11.1 Å². The van der Waals surface area contributed by atoms with Gasteiger partial charge >= 0.3 is 5.97 Å². The Morgan fingerprint density at radius 2 is 2.17 bits per heavy atom. The maximum Gasteiger partial charge on any atom is 0.309 e. The number of aromatic nitrogens is 1. The van der Waals surface area contributed by atoms with E-state index < -0.39 is 5.97 Å². The van der Waals surface area contributed by atoms with Gasteiger partial charge in [0.2, 0.25) is 0 Å². The van der Waals surface area contributed by atoms with Crippen molar-refractivity contribution in [3.8, 4) is 0 Å². The van der Waals surface area contributed by atoms with Crippen molar-refractivity contribution in [2.24, 2.45) is 0 Å². The average Bonchev–Trinajstić information content (AvgIpc) is 2.70. The third-order valence-corrected chi connectivity index (χ3v) is 3.60. The van der Waals surface area contributed by atoms with Crippen molar-refractivity contribution in [3.05, 3.63) is 39.3 Å². The summed E-state index contributed by atoms with van der Waals surface area (Å²) < 4.78 is 0. The Balaban J connectivity index is 2.11. The number of carboxylic acid groups (broad SMARTS) is 1. The first-order valence-corrected chi connectivity index (χ1v) is 6.56. The lowest BCUT2D eigenvalue weighted by Crippen LogP contribution is -2.00. The molecule has 1 aromatic heterocycles. The molecule has 0 spiro atoms. The van der Waals surface area contributed by atoms with E-state index in [4.69, 9.17) is 28.3 Å². The van der Waals surface area contributed by atoms with Crippen molar-refractivity contribution < 1.29 is 9.90 Å². The van der Waals surface area contributed by atoms with Gasteiger partial charge in [0.1, 0.15) is 0 Å². The van der Waals surface area contributed by atoms with Crippen LogP contribution in [-0.4, -0.2) is 16.1 Å². The number of hydrogen-bond acceptors (Lipinski definition) is 4. The Morgan fingerprint density at radius 1 is 1.39 bits per heavy atom. The summed E-state index contributed by atoms with van der Waals surface area (Å²) in [5, 5.41) is 14.9. The molecule has 18 heavy (non-hydrogen) atoms. The number of carbonyl (C=O) groups is 1. The molecule has 4 nitrogen and oxygen atoms in total. The van der Waals surface area contributed by atoms with Crippen LogP contribution in [0.25, 0.3) is 0 Å². The molecule has 1 heterocycles. The second kappa shape index (κ2) is 5.56. The third-order valence-electron chi connectivity index (χ3n) is 2.05. The number of anilines is 2. The van der Waals surface area contributed by atoms with E-state index in [-0.39, 0.29) is 6.42 Å². The minimum absolute atomic E-state index is 0.0838. The van der Waals surface area contributed by atoms with Crippen molar-refractivity contribution >= 4 is 51.3 Å². The molecule has 1 aromatic carbocycles. The van der Waals surface area contributed by atoms with E-state index >= 15 is 0 Å². The lowest BCUT2D eigenvalue weighted by atomic mass is 10.3. The van der Waals surface area contributed by atoms with Crippen molar-refractivity contribution in [2.75, 3.05) is 5.32 Å². The molecule has 0 radical (unpaired) electrons. The van der Waals surface area contributed by atoms with Gasteiger partial charge in [-0.15, -0.1) is 11.3 Å². The number of nitrogens with one attached hydrogen (secondary N) is 1. The molecule has 0 amide bonds. The molecule has 0 saturated heterocycles. The van der Waals surface area contributed by atoms with Crippen molar-refractivity contribution in [2.45, 2.75) is 6.42 Å². The Morgan fingerprint density at radius 3 is 2.83 bits per heavy atom. The first kappa shape index (κ1) is 13.1. The van der Waals surface area contributed by atoms with E-state index in [0.29, 0.717) is 20.9 Å².